The summed E-state index contributed by atoms with van der Waals surface area (Å²) < 4.78 is 11.7. The van der Waals surface area contributed by atoms with Gasteiger partial charge in [0, 0.05) is 0 Å². The van der Waals surface area contributed by atoms with Crippen LogP contribution in [0.25, 0.3) is 0 Å². The van der Waals surface area contributed by atoms with E-state index < -0.39 is 0 Å². The number of benzene rings is 1. The largest absolute Gasteiger partial charge is 0.357 e. The topological polar surface area (TPSA) is 18.5 Å². The molecule has 0 amide bonds. The van der Waals surface area contributed by atoms with Crippen LogP contribution in [0.4, 0.5) is 0 Å². The highest BCUT2D eigenvalue weighted by Crippen LogP contribution is 2.52. The van der Waals surface area contributed by atoms with Gasteiger partial charge in [0.1, 0.15) is 24.4 Å². The molecular weight excluding hydrogens is 200 g/mol. The highest BCUT2D eigenvalue weighted by molar-refractivity contribution is 5.53. The lowest BCUT2D eigenvalue weighted by Crippen LogP contribution is -2.00. The summed E-state index contributed by atoms with van der Waals surface area (Å²) in [7, 11) is 0. The Hall–Kier alpha value is -1.38. The third-order valence-electron chi connectivity index (χ3n) is 4.02. The second kappa shape index (κ2) is 2.31. The minimum Gasteiger partial charge on any atom is -0.357 e. The average molecular weight is 210 g/mol. The Bertz CT molecular complexity index is 476. The third-order valence-corrected chi connectivity index (χ3v) is 4.02. The van der Waals surface area contributed by atoms with E-state index in [4.69, 9.17) is 9.47 Å². The Morgan fingerprint density at radius 2 is 0.875 bits per heavy atom. The van der Waals surface area contributed by atoms with Gasteiger partial charge in [-0.3, -0.25) is 0 Å². The third kappa shape index (κ3) is 0.721. The molecule has 2 nitrogen and oxygen atoms in total. The van der Waals surface area contributed by atoms with Gasteiger partial charge in [-0.1, -0.05) is 24.3 Å². The van der Waals surface area contributed by atoms with Crippen molar-refractivity contribution in [1.29, 1.82) is 0 Å². The summed E-state index contributed by atoms with van der Waals surface area (Å²) >= 11 is 0. The molecule has 4 atom stereocenters. The number of hydrogen-bond donors (Lipinski definition) is 0. The molecule has 78 valence electrons. The fourth-order valence-electron chi connectivity index (χ4n) is 3.26. The van der Waals surface area contributed by atoms with Crippen LogP contribution >= 0.6 is 0 Å². The lowest BCUT2D eigenvalue weighted by Gasteiger charge is -2.13. The number of ether oxygens (including phenoxy) is 2. The van der Waals surface area contributed by atoms with Crippen molar-refractivity contribution in [2.24, 2.45) is 0 Å². The molecule has 4 aliphatic rings. The van der Waals surface area contributed by atoms with Crippen molar-refractivity contribution < 1.29 is 9.47 Å². The maximum atomic E-state index is 5.84. The van der Waals surface area contributed by atoms with E-state index >= 15 is 0 Å². The molecule has 2 unspecified atom stereocenters. The number of fused-ring (bicyclic) bond motifs is 10. The predicted octanol–water partition coefficient (Wildman–Crippen LogP) is 3.05. The van der Waals surface area contributed by atoms with Crippen LogP contribution in [0, 0.1) is 0 Å². The highest BCUT2D eigenvalue weighted by Gasteiger charge is 2.40. The molecule has 4 heterocycles. The Balaban J connectivity index is 1.80. The SMILES string of the molecule is C1=CC2OC1c1cc3c(cc12)[C@@H]1C=C[C@@H]3O1. The molecule has 5 rings (SSSR count). The van der Waals surface area contributed by atoms with Gasteiger partial charge >= 0.3 is 0 Å². The molecule has 0 saturated carbocycles. The van der Waals surface area contributed by atoms with E-state index in [1.807, 2.05) is 0 Å². The van der Waals surface area contributed by atoms with Crippen molar-refractivity contribution in [3.63, 3.8) is 0 Å². The van der Waals surface area contributed by atoms with Crippen LogP contribution in [-0.2, 0) is 9.47 Å². The van der Waals surface area contributed by atoms with Gasteiger partial charge in [0.15, 0.2) is 0 Å². The maximum absolute atomic E-state index is 5.84. The average Bonchev–Trinajstić information content (AvgIpc) is 3.07. The van der Waals surface area contributed by atoms with Crippen LogP contribution in [0.3, 0.4) is 0 Å². The molecule has 1 aromatic rings. The van der Waals surface area contributed by atoms with Gasteiger partial charge in [0.2, 0.25) is 0 Å². The summed E-state index contributed by atoms with van der Waals surface area (Å²) in [5.41, 5.74) is 5.37. The van der Waals surface area contributed by atoms with Crippen LogP contribution < -0.4 is 0 Å². The van der Waals surface area contributed by atoms with Crippen molar-refractivity contribution in [3.8, 4) is 0 Å². The summed E-state index contributed by atoms with van der Waals surface area (Å²) in [5, 5.41) is 0. The summed E-state index contributed by atoms with van der Waals surface area (Å²) in [6, 6.07) is 4.57. The zero-order valence-electron chi connectivity index (χ0n) is 8.59. The summed E-state index contributed by atoms with van der Waals surface area (Å²) in [6.07, 6.45) is 9.38. The molecule has 0 fully saturated rings. The fourth-order valence-corrected chi connectivity index (χ4v) is 3.26. The van der Waals surface area contributed by atoms with Crippen LogP contribution in [0.2, 0.25) is 0 Å². The van der Waals surface area contributed by atoms with Gasteiger partial charge in [-0.2, -0.15) is 0 Å². The van der Waals surface area contributed by atoms with Crippen LogP contribution in [-0.4, -0.2) is 0 Å². The number of rotatable bonds is 0. The molecule has 0 saturated heterocycles. The molecule has 0 N–H and O–H groups in total. The zero-order chi connectivity index (χ0) is 10.3. The van der Waals surface area contributed by atoms with Crippen molar-refractivity contribution in [2.45, 2.75) is 24.4 Å². The quantitative estimate of drug-likeness (QED) is 0.613. The van der Waals surface area contributed by atoms with Gasteiger partial charge in [0.05, 0.1) is 0 Å². The Labute approximate surface area is 93.2 Å². The minimum atomic E-state index is 0.188. The van der Waals surface area contributed by atoms with Crippen molar-refractivity contribution in [1.82, 2.24) is 0 Å². The van der Waals surface area contributed by atoms with E-state index in [1.54, 1.807) is 0 Å². The van der Waals surface area contributed by atoms with Crippen molar-refractivity contribution in [2.75, 3.05) is 0 Å². The maximum Gasteiger partial charge on any atom is 0.102 e. The van der Waals surface area contributed by atoms with Gasteiger partial charge in [-0.15, -0.1) is 0 Å². The lowest BCUT2D eigenvalue weighted by molar-refractivity contribution is 0.0840. The minimum absolute atomic E-state index is 0.188. The summed E-state index contributed by atoms with van der Waals surface area (Å²) in [5.74, 6) is 0. The molecule has 0 spiro atoms. The Kier molecular flexibility index (Phi) is 1.13. The van der Waals surface area contributed by atoms with E-state index in [0.29, 0.717) is 0 Å². The molecule has 0 radical (unpaired) electrons. The van der Waals surface area contributed by atoms with E-state index in [0.717, 1.165) is 0 Å². The van der Waals surface area contributed by atoms with Crippen molar-refractivity contribution >= 4 is 0 Å². The molecule has 2 heteroatoms. The molecule has 0 aromatic heterocycles. The zero-order valence-corrected chi connectivity index (χ0v) is 8.59. The van der Waals surface area contributed by atoms with Gasteiger partial charge in [0.25, 0.3) is 0 Å². The normalized spacial score (nSPS) is 39.5. The van der Waals surface area contributed by atoms with Crippen molar-refractivity contribution in [3.05, 3.63) is 58.7 Å². The second-order valence-electron chi connectivity index (χ2n) is 4.83. The Morgan fingerprint density at radius 1 is 0.562 bits per heavy atom. The predicted molar refractivity (Wildman–Crippen MR) is 57.9 cm³/mol. The smallest absolute Gasteiger partial charge is 0.102 e. The fraction of sp³-hybridized carbons (Fsp3) is 0.286. The first-order valence-electron chi connectivity index (χ1n) is 5.75. The molecule has 4 bridgehead atoms. The standard InChI is InChI=1S/C14H10O2/c1-2-12-8-6-10-9(5-7(8)11(1)15-12)13-3-4-14(10)16-13/h1-6,11-14H/t11-,12-,13?,14?/m0/s1. The first kappa shape index (κ1) is 7.82. The first-order chi connectivity index (χ1) is 7.90. The highest BCUT2D eigenvalue weighted by atomic mass is 16.5. The Morgan fingerprint density at radius 3 is 1.19 bits per heavy atom. The van der Waals surface area contributed by atoms with E-state index in [-0.39, 0.29) is 24.4 Å². The molecule has 1 aromatic carbocycles. The number of hydrogen-bond acceptors (Lipinski definition) is 2. The lowest BCUT2D eigenvalue weighted by atomic mass is 9.88. The van der Waals surface area contributed by atoms with Crippen LogP contribution in [0.5, 0.6) is 0 Å². The van der Waals surface area contributed by atoms with E-state index in [2.05, 4.69) is 36.4 Å². The summed E-state index contributed by atoms with van der Waals surface area (Å²) in [6.45, 7) is 0. The monoisotopic (exact) mass is 210 g/mol. The van der Waals surface area contributed by atoms with Gasteiger partial charge < -0.3 is 9.47 Å². The van der Waals surface area contributed by atoms with Crippen LogP contribution in [0.1, 0.15) is 46.7 Å². The summed E-state index contributed by atoms with van der Waals surface area (Å²) in [4.78, 5) is 0. The molecule has 16 heavy (non-hydrogen) atoms. The molecular formula is C14H10O2. The molecule has 4 aliphatic heterocycles. The van der Waals surface area contributed by atoms with E-state index in [1.165, 1.54) is 22.3 Å². The van der Waals surface area contributed by atoms with Crippen LogP contribution in [0.15, 0.2) is 36.4 Å². The second-order valence-corrected chi connectivity index (χ2v) is 4.83. The van der Waals surface area contributed by atoms with Gasteiger partial charge in [-0.25, -0.2) is 0 Å². The van der Waals surface area contributed by atoms with E-state index in [9.17, 15) is 0 Å². The first-order valence-corrected chi connectivity index (χ1v) is 5.75. The molecule has 0 aliphatic carbocycles. The van der Waals surface area contributed by atoms with Gasteiger partial charge in [-0.05, 0) is 34.4 Å².